The van der Waals surface area contributed by atoms with Crippen molar-refractivity contribution in [3.8, 4) is 0 Å². The van der Waals surface area contributed by atoms with E-state index >= 15 is 0 Å². The van der Waals surface area contributed by atoms with Gasteiger partial charge in [-0.3, -0.25) is 9.59 Å². The van der Waals surface area contributed by atoms with Crippen molar-refractivity contribution in [1.29, 1.82) is 0 Å². The molecule has 0 saturated carbocycles. The second-order valence-corrected chi connectivity index (χ2v) is 3.82. The van der Waals surface area contributed by atoms with Crippen molar-refractivity contribution in [2.75, 3.05) is 26.2 Å². The summed E-state index contributed by atoms with van der Waals surface area (Å²) in [5.41, 5.74) is 0. The van der Waals surface area contributed by atoms with Gasteiger partial charge in [0.05, 0.1) is 0 Å². The Labute approximate surface area is 89.4 Å². The largest absolute Gasteiger partial charge is 0.481 e. The summed E-state index contributed by atoms with van der Waals surface area (Å²) in [6.45, 7) is 3.56. The normalized spacial score (nSPS) is 17.3. The Kier molecular flexibility index (Phi) is 5.10. The highest BCUT2D eigenvalue weighted by Gasteiger charge is 2.10. The molecule has 5 heteroatoms. The summed E-state index contributed by atoms with van der Waals surface area (Å²) in [7, 11) is 0. The van der Waals surface area contributed by atoms with Crippen molar-refractivity contribution in [2.45, 2.75) is 25.7 Å². The van der Waals surface area contributed by atoms with Crippen molar-refractivity contribution < 1.29 is 14.7 Å². The number of likely N-dealkylation sites (tertiary alicyclic amines) is 1. The van der Waals surface area contributed by atoms with Crippen LogP contribution in [-0.2, 0) is 9.59 Å². The maximum Gasteiger partial charge on any atom is 0.312 e. The highest BCUT2D eigenvalue weighted by atomic mass is 16.4. The Morgan fingerprint density at radius 3 is 2.47 bits per heavy atom. The molecule has 5 nitrogen and oxygen atoms in total. The van der Waals surface area contributed by atoms with E-state index in [2.05, 4.69) is 10.2 Å². The Bertz CT molecular complexity index is 225. The predicted octanol–water partition coefficient (Wildman–Crippen LogP) is 0.0632. The van der Waals surface area contributed by atoms with Gasteiger partial charge in [-0.05, 0) is 25.9 Å². The molecule has 0 aromatic rings. The van der Waals surface area contributed by atoms with Crippen molar-refractivity contribution in [3.63, 3.8) is 0 Å². The van der Waals surface area contributed by atoms with Crippen LogP contribution >= 0.6 is 0 Å². The number of nitrogens with one attached hydrogen (secondary N) is 1. The van der Waals surface area contributed by atoms with Crippen molar-refractivity contribution >= 4 is 11.9 Å². The second-order valence-electron chi connectivity index (χ2n) is 3.82. The summed E-state index contributed by atoms with van der Waals surface area (Å²) in [5.74, 6) is -1.48. The molecule has 0 radical (unpaired) electrons. The molecule has 0 aromatic carbocycles. The quantitative estimate of drug-likeness (QED) is 0.635. The van der Waals surface area contributed by atoms with Crippen molar-refractivity contribution in [2.24, 2.45) is 0 Å². The van der Waals surface area contributed by atoms with Crippen LogP contribution in [0.1, 0.15) is 25.7 Å². The van der Waals surface area contributed by atoms with E-state index in [0.29, 0.717) is 6.54 Å². The first-order valence-corrected chi connectivity index (χ1v) is 5.39. The van der Waals surface area contributed by atoms with Gasteiger partial charge in [0.15, 0.2) is 0 Å². The Balaban J connectivity index is 2.04. The first-order valence-electron chi connectivity index (χ1n) is 5.39. The number of carboxylic acid groups (broad SMARTS) is 1. The van der Waals surface area contributed by atoms with E-state index in [1.807, 2.05) is 0 Å². The lowest BCUT2D eigenvalue weighted by molar-refractivity contribution is -0.140. The number of nitrogens with zero attached hydrogens (tertiary/aromatic N) is 1. The summed E-state index contributed by atoms with van der Waals surface area (Å²) in [6, 6.07) is 0. The maximum absolute atomic E-state index is 11.0. The number of hydrogen-bond donors (Lipinski definition) is 2. The molecule has 1 aliphatic heterocycles. The third kappa shape index (κ3) is 5.37. The van der Waals surface area contributed by atoms with Crippen LogP contribution in [0.5, 0.6) is 0 Å². The standard InChI is InChI=1S/C10H18N2O3/c13-9(8-10(14)15)11-4-7-12-5-2-1-3-6-12/h1-8H2,(H,11,13)(H,14,15). The molecule has 15 heavy (non-hydrogen) atoms. The van der Waals surface area contributed by atoms with Crippen molar-refractivity contribution in [1.82, 2.24) is 10.2 Å². The molecule has 1 amide bonds. The molecule has 2 N–H and O–H groups in total. The summed E-state index contributed by atoms with van der Waals surface area (Å²) in [6.07, 6.45) is 3.31. The van der Waals surface area contributed by atoms with Gasteiger partial charge < -0.3 is 15.3 Å². The van der Waals surface area contributed by atoms with Gasteiger partial charge in [-0.2, -0.15) is 0 Å². The third-order valence-electron chi connectivity index (χ3n) is 2.51. The molecule has 1 heterocycles. The lowest BCUT2D eigenvalue weighted by atomic mass is 10.1. The molecule has 0 spiro atoms. The number of carbonyl (C=O) groups excluding carboxylic acids is 1. The van der Waals surface area contributed by atoms with E-state index in [4.69, 9.17) is 5.11 Å². The topological polar surface area (TPSA) is 69.6 Å². The number of rotatable bonds is 5. The summed E-state index contributed by atoms with van der Waals surface area (Å²) in [5, 5.41) is 11.0. The molecule has 0 atom stereocenters. The minimum atomic E-state index is -1.08. The van der Waals surface area contributed by atoms with Crippen LogP contribution in [0.2, 0.25) is 0 Å². The highest BCUT2D eigenvalue weighted by Crippen LogP contribution is 2.07. The van der Waals surface area contributed by atoms with Crippen LogP contribution in [0.25, 0.3) is 0 Å². The molecule has 1 saturated heterocycles. The zero-order chi connectivity index (χ0) is 11.1. The SMILES string of the molecule is O=C(O)CC(=O)NCCN1CCCCC1. The number of aliphatic carboxylic acids is 1. The molecular formula is C10H18N2O3. The van der Waals surface area contributed by atoms with E-state index in [1.54, 1.807) is 0 Å². The van der Waals surface area contributed by atoms with E-state index in [1.165, 1.54) is 19.3 Å². The number of amides is 1. The number of carboxylic acids is 1. The van der Waals surface area contributed by atoms with Crippen LogP contribution in [0.4, 0.5) is 0 Å². The zero-order valence-corrected chi connectivity index (χ0v) is 8.87. The number of carbonyl (C=O) groups is 2. The summed E-state index contributed by atoms with van der Waals surface area (Å²) < 4.78 is 0. The summed E-state index contributed by atoms with van der Waals surface area (Å²) >= 11 is 0. The molecule has 0 aliphatic carbocycles. The van der Waals surface area contributed by atoms with Gasteiger partial charge in [0.25, 0.3) is 0 Å². The van der Waals surface area contributed by atoms with E-state index in [-0.39, 0.29) is 0 Å². The molecule has 0 aromatic heterocycles. The fourth-order valence-corrected chi connectivity index (χ4v) is 1.74. The summed E-state index contributed by atoms with van der Waals surface area (Å²) in [4.78, 5) is 23.5. The van der Waals surface area contributed by atoms with Gasteiger partial charge in [0.2, 0.25) is 5.91 Å². The maximum atomic E-state index is 11.0. The van der Waals surface area contributed by atoms with Crippen LogP contribution < -0.4 is 5.32 Å². The van der Waals surface area contributed by atoms with Gasteiger partial charge in [-0.1, -0.05) is 6.42 Å². The van der Waals surface area contributed by atoms with E-state index in [9.17, 15) is 9.59 Å². The van der Waals surface area contributed by atoms with Gasteiger partial charge in [-0.25, -0.2) is 0 Å². The lowest BCUT2D eigenvalue weighted by Gasteiger charge is -2.26. The highest BCUT2D eigenvalue weighted by molar-refractivity contribution is 5.93. The van der Waals surface area contributed by atoms with Crippen LogP contribution in [-0.4, -0.2) is 48.1 Å². The van der Waals surface area contributed by atoms with Gasteiger partial charge in [0.1, 0.15) is 6.42 Å². The molecule has 0 bridgehead atoms. The second kappa shape index (κ2) is 6.40. The average molecular weight is 214 g/mol. The minimum Gasteiger partial charge on any atom is -0.481 e. The molecule has 1 fully saturated rings. The third-order valence-corrected chi connectivity index (χ3v) is 2.51. The van der Waals surface area contributed by atoms with Gasteiger partial charge in [-0.15, -0.1) is 0 Å². The Hall–Kier alpha value is -1.10. The molecule has 86 valence electrons. The number of hydrogen-bond acceptors (Lipinski definition) is 3. The lowest BCUT2D eigenvalue weighted by Crippen LogP contribution is -2.38. The zero-order valence-electron chi connectivity index (χ0n) is 8.87. The van der Waals surface area contributed by atoms with E-state index < -0.39 is 18.3 Å². The molecule has 1 rings (SSSR count). The Morgan fingerprint density at radius 1 is 1.20 bits per heavy atom. The predicted molar refractivity (Wildman–Crippen MR) is 55.6 cm³/mol. The fourth-order valence-electron chi connectivity index (χ4n) is 1.74. The monoisotopic (exact) mass is 214 g/mol. The van der Waals surface area contributed by atoms with Crippen LogP contribution in [0, 0.1) is 0 Å². The fraction of sp³-hybridized carbons (Fsp3) is 0.800. The molecular weight excluding hydrogens is 196 g/mol. The van der Waals surface area contributed by atoms with Crippen LogP contribution in [0.15, 0.2) is 0 Å². The van der Waals surface area contributed by atoms with Gasteiger partial charge >= 0.3 is 5.97 Å². The molecule has 1 aliphatic rings. The average Bonchev–Trinajstić information content (AvgIpc) is 2.18. The first kappa shape index (κ1) is 12.0. The minimum absolute atomic E-state index is 0.403. The number of piperidine rings is 1. The smallest absolute Gasteiger partial charge is 0.312 e. The van der Waals surface area contributed by atoms with Crippen molar-refractivity contribution in [3.05, 3.63) is 0 Å². The van der Waals surface area contributed by atoms with Gasteiger partial charge in [0, 0.05) is 13.1 Å². The Morgan fingerprint density at radius 2 is 1.87 bits per heavy atom. The van der Waals surface area contributed by atoms with E-state index in [0.717, 1.165) is 19.6 Å². The first-order chi connectivity index (χ1) is 7.18. The van der Waals surface area contributed by atoms with Crippen LogP contribution in [0.3, 0.4) is 0 Å². The molecule has 0 unspecified atom stereocenters.